The lowest BCUT2D eigenvalue weighted by Gasteiger charge is -2.13. The lowest BCUT2D eigenvalue weighted by atomic mass is 9.99. The fourth-order valence-corrected chi connectivity index (χ4v) is 1.96. The van der Waals surface area contributed by atoms with Gasteiger partial charge in [0.15, 0.2) is 0 Å². The zero-order valence-electron chi connectivity index (χ0n) is 11.4. The van der Waals surface area contributed by atoms with Crippen LogP contribution in [0.25, 0.3) is 11.1 Å². The van der Waals surface area contributed by atoms with E-state index in [-0.39, 0.29) is 5.97 Å². The van der Waals surface area contributed by atoms with E-state index >= 15 is 0 Å². The van der Waals surface area contributed by atoms with Gasteiger partial charge in [-0.1, -0.05) is 30.3 Å². The van der Waals surface area contributed by atoms with Crippen molar-refractivity contribution in [3.8, 4) is 11.1 Å². The van der Waals surface area contributed by atoms with Crippen LogP contribution < -0.4 is 4.90 Å². The van der Waals surface area contributed by atoms with Crippen molar-refractivity contribution in [1.82, 2.24) is 0 Å². The maximum atomic E-state index is 11.8. The number of benzene rings is 2. The molecule has 19 heavy (non-hydrogen) atoms. The number of ether oxygens (including phenoxy) is 1. The van der Waals surface area contributed by atoms with Crippen LogP contribution in [0.1, 0.15) is 10.4 Å². The quantitative estimate of drug-likeness (QED) is 0.789. The van der Waals surface area contributed by atoms with Crippen LogP contribution in [0.2, 0.25) is 0 Å². The summed E-state index contributed by atoms with van der Waals surface area (Å²) in [4.78, 5) is 13.8. The van der Waals surface area contributed by atoms with Crippen molar-refractivity contribution in [2.75, 3.05) is 26.1 Å². The van der Waals surface area contributed by atoms with Gasteiger partial charge in [-0.15, -0.1) is 0 Å². The van der Waals surface area contributed by atoms with E-state index in [0.717, 1.165) is 16.8 Å². The van der Waals surface area contributed by atoms with Crippen LogP contribution in [-0.4, -0.2) is 27.2 Å². The van der Waals surface area contributed by atoms with Crippen LogP contribution in [-0.2, 0) is 4.74 Å². The van der Waals surface area contributed by atoms with Gasteiger partial charge in [-0.05, 0) is 29.3 Å². The Kier molecular flexibility index (Phi) is 3.85. The molecule has 0 aliphatic heterocycles. The van der Waals surface area contributed by atoms with E-state index in [1.165, 1.54) is 7.11 Å². The van der Waals surface area contributed by atoms with E-state index in [1.54, 1.807) is 6.07 Å². The molecule has 0 atom stereocenters. The third-order valence-electron chi connectivity index (χ3n) is 3.03. The summed E-state index contributed by atoms with van der Waals surface area (Å²) in [6.45, 7) is 0. The van der Waals surface area contributed by atoms with Crippen LogP contribution >= 0.6 is 0 Å². The predicted molar refractivity (Wildman–Crippen MR) is 77.5 cm³/mol. The number of anilines is 1. The monoisotopic (exact) mass is 255 g/mol. The number of hydrogen-bond acceptors (Lipinski definition) is 3. The second kappa shape index (κ2) is 5.57. The van der Waals surface area contributed by atoms with Gasteiger partial charge in [0.1, 0.15) is 0 Å². The third kappa shape index (κ3) is 2.76. The summed E-state index contributed by atoms with van der Waals surface area (Å²) in [6.07, 6.45) is 0. The zero-order valence-corrected chi connectivity index (χ0v) is 11.4. The van der Waals surface area contributed by atoms with Crippen LogP contribution in [0, 0.1) is 0 Å². The summed E-state index contributed by atoms with van der Waals surface area (Å²) >= 11 is 0. The summed E-state index contributed by atoms with van der Waals surface area (Å²) < 4.78 is 4.81. The van der Waals surface area contributed by atoms with E-state index in [1.807, 2.05) is 61.5 Å². The molecule has 0 saturated heterocycles. The van der Waals surface area contributed by atoms with Gasteiger partial charge in [0.25, 0.3) is 0 Å². The summed E-state index contributed by atoms with van der Waals surface area (Å²) in [5.74, 6) is -0.313. The minimum absolute atomic E-state index is 0.313. The first-order valence-corrected chi connectivity index (χ1v) is 6.08. The van der Waals surface area contributed by atoms with Crippen LogP contribution in [0.4, 0.5) is 5.69 Å². The molecule has 0 saturated carbocycles. The maximum Gasteiger partial charge on any atom is 0.338 e. The minimum atomic E-state index is -0.313. The minimum Gasteiger partial charge on any atom is -0.465 e. The fraction of sp³-hybridized carbons (Fsp3) is 0.188. The highest BCUT2D eigenvalue weighted by Gasteiger charge is 2.12. The first kappa shape index (κ1) is 13.1. The average Bonchev–Trinajstić information content (AvgIpc) is 2.46. The fourth-order valence-electron chi connectivity index (χ4n) is 1.96. The molecule has 0 aliphatic carbocycles. The molecule has 2 aromatic rings. The molecule has 3 heteroatoms. The molecule has 0 bridgehead atoms. The Morgan fingerprint density at radius 3 is 2.21 bits per heavy atom. The molecule has 0 aromatic heterocycles. The first-order valence-electron chi connectivity index (χ1n) is 6.08. The normalized spacial score (nSPS) is 10.1. The molecular weight excluding hydrogens is 238 g/mol. The van der Waals surface area contributed by atoms with Gasteiger partial charge in [-0.2, -0.15) is 0 Å². The Labute approximate surface area is 113 Å². The smallest absolute Gasteiger partial charge is 0.338 e. The number of carbonyl (C=O) groups is 1. The number of methoxy groups -OCH3 is 1. The van der Waals surface area contributed by atoms with Crippen molar-refractivity contribution in [2.24, 2.45) is 0 Å². The van der Waals surface area contributed by atoms with Gasteiger partial charge >= 0.3 is 5.97 Å². The van der Waals surface area contributed by atoms with E-state index in [0.29, 0.717) is 5.56 Å². The number of esters is 1. The van der Waals surface area contributed by atoms with Crippen molar-refractivity contribution in [3.63, 3.8) is 0 Å². The third-order valence-corrected chi connectivity index (χ3v) is 3.03. The number of nitrogens with zero attached hydrogens (tertiary/aromatic N) is 1. The average molecular weight is 255 g/mol. The summed E-state index contributed by atoms with van der Waals surface area (Å²) in [6, 6.07) is 15.5. The van der Waals surface area contributed by atoms with Gasteiger partial charge in [0.2, 0.25) is 0 Å². The Morgan fingerprint density at radius 1 is 1.00 bits per heavy atom. The zero-order chi connectivity index (χ0) is 13.8. The summed E-state index contributed by atoms with van der Waals surface area (Å²) in [7, 11) is 5.39. The van der Waals surface area contributed by atoms with Crippen molar-refractivity contribution in [1.29, 1.82) is 0 Å². The SMILES string of the molecule is COC(=O)c1ccccc1-c1ccc(N(C)C)cc1. The lowest BCUT2D eigenvalue weighted by Crippen LogP contribution is -2.08. The van der Waals surface area contributed by atoms with Crippen LogP contribution in [0.5, 0.6) is 0 Å². The van der Waals surface area contributed by atoms with Gasteiger partial charge in [-0.3, -0.25) is 0 Å². The van der Waals surface area contributed by atoms with Crippen LogP contribution in [0.3, 0.4) is 0 Å². The topological polar surface area (TPSA) is 29.5 Å². The molecular formula is C16H17NO2. The van der Waals surface area contributed by atoms with Crippen molar-refractivity contribution in [3.05, 3.63) is 54.1 Å². The van der Waals surface area contributed by atoms with Crippen molar-refractivity contribution < 1.29 is 9.53 Å². The molecule has 0 fully saturated rings. The highest BCUT2D eigenvalue weighted by molar-refractivity contribution is 5.97. The molecule has 0 unspecified atom stereocenters. The standard InChI is InChI=1S/C16H17NO2/c1-17(2)13-10-8-12(9-11-13)14-6-4-5-7-15(14)16(18)19-3/h4-11H,1-3H3. The Morgan fingerprint density at radius 2 is 1.63 bits per heavy atom. The molecule has 2 rings (SSSR count). The van der Waals surface area contributed by atoms with Gasteiger partial charge in [0, 0.05) is 19.8 Å². The molecule has 0 radical (unpaired) electrons. The highest BCUT2D eigenvalue weighted by Crippen LogP contribution is 2.26. The Hall–Kier alpha value is -2.29. The highest BCUT2D eigenvalue weighted by atomic mass is 16.5. The number of rotatable bonds is 3. The predicted octanol–water partition coefficient (Wildman–Crippen LogP) is 3.21. The number of hydrogen-bond donors (Lipinski definition) is 0. The lowest BCUT2D eigenvalue weighted by molar-refractivity contribution is 0.0601. The maximum absolute atomic E-state index is 11.8. The van der Waals surface area contributed by atoms with Crippen LogP contribution in [0.15, 0.2) is 48.5 Å². The number of carbonyl (C=O) groups excluding carboxylic acids is 1. The van der Waals surface area contributed by atoms with Crippen molar-refractivity contribution >= 4 is 11.7 Å². The molecule has 0 aliphatic rings. The van der Waals surface area contributed by atoms with Crippen molar-refractivity contribution in [2.45, 2.75) is 0 Å². The second-order valence-corrected chi connectivity index (χ2v) is 4.48. The largest absolute Gasteiger partial charge is 0.465 e. The second-order valence-electron chi connectivity index (χ2n) is 4.48. The first-order chi connectivity index (χ1) is 9.13. The van der Waals surface area contributed by atoms with E-state index in [4.69, 9.17) is 4.74 Å². The summed E-state index contributed by atoms with van der Waals surface area (Å²) in [5, 5.41) is 0. The van der Waals surface area contributed by atoms with E-state index in [2.05, 4.69) is 0 Å². The molecule has 0 N–H and O–H groups in total. The molecule has 0 spiro atoms. The Bertz CT molecular complexity index is 574. The molecule has 0 amide bonds. The molecule has 3 nitrogen and oxygen atoms in total. The summed E-state index contributed by atoms with van der Waals surface area (Å²) in [5.41, 5.74) is 3.60. The van der Waals surface area contributed by atoms with Gasteiger partial charge < -0.3 is 9.64 Å². The van der Waals surface area contributed by atoms with E-state index in [9.17, 15) is 4.79 Å². The molecule has 98 valence electrons. The Balaban J connectivity index is 2.44. The molecule has 0 heterocycles. The molecule has 2 aromatic carbocycles. The van der Waals surface area contributed by atoms with Gasteiger partial charge in [0.05, 0.1) is 12.7 Å². The van der Waals surface area contributed by atoms with E-state index < -0.39 is 0 Å². The van der Waals surface area contributed by atoms with Gasteiger partial charge in [-0.25, -0.2) is 4.79 Å².